The fraction of sp³-hybridized carbons (Fsp3) is 0.391. The van der Waals surface area contributed by atoms with Gasteiger partial charge >= 0.3 is 5.97 Å². The molecule has 2 aliphatic rings. The number of carbonyl (C=O) groups is 2. The number of benzene rings is 2. The standard InChI is InChI=1S/C23H26N2O3/c1-2-28-23(27)16-9-11-25(12-10-16)22(26)15-24-19-7-8-21-18(14-19)13-17-5-3-4-6-20(17)21/h3-8,14,16,24H,2,9-13,15H2,1H3. The number of rotatable bonds is 5. The lowest BCUT2D eigenvalue weighted by Crippen LogP contribution is -2.43. The molecule has 1 N–H and O–H groups in total. The number of nitrogens with one attached hydrogen (secondary N) is 1. The Morgan fingerprint density at radius 3 is 2.61 bits per heavy atom. The molecular formula is C23H26N2O3. The minimum atomic E-state index is -0.133. The number of piperidine rings is 1. The van der Waals surface area contributed by atoms with Gasteiger partial charge in [-0.15, -0.1) is 0 Å². The van der Waals surface area contributed by atoms with Crippen LogP contribution in [0, 0.1) is 5.92 Å². The summed E-state index contributed by atoms with van der Waals surface area (Å²) in [6, 6.07) is 14.8. The molecule has 4 rings (SSSR count). The van der Waals surface area contributed by atoms with Crippen LogP contribution in [0.25, 0.3) is 11.1 Å². The Morgan fingerprint density at radius 1 is 1.07 bits per heavy atom. The minimum absolute atomic E-state index is 0.0738. The average Bonchev–Trinajstić information content (AvgIpc) is 3.10. The van der Waals surface area contributed by atoms with Crippen molar-refractivity contribution < 1.29 is 14.3 Å². The van der Waals surface area contributed by atoms with E-state index in [-0.39, 0.29) is 24.3 Å². The third kappa shape index (κ3) is 3.75. The smallest absolute Gasteiger partial charge is 0.309 e. The van der Waals surface area contributed by atoms with Crippen molar-refractivity contribution in [3.8, 4) is 11.1 Å². The Bertz CT molecular complexity index is 885. The molecule has 1 fully saturated rings. The van der Waals surface area contributed by atoms with Gasteiger partial charge in [-0.05, 0) is 60.6 Å². The summed E-state index contributed by atoms with van der Waals surface area (Å²) in [5, 5.41) is 3.27. The van der Waals surface area contributed by atoms with Gasteiger partial charge in [0.05, 0.1) is 19.1 Å². The second-order valence-corrected chi connectivity index (χ2v) is 7.47. The molecule has 0 unspecified atom stereocenters. The number of amides is 1. The van der Waals surface area contributed by atoms with E-state index in [9.17, 15) is 9.59 Å². The largest absolute Gasteiger partial charge is 0.466 e. The zero-order valence-electron chi connectivity index (χ0n) is 16.2. The second-order valence-electron chi connectivity index (χ2n) is 7.47. The number of hydrogen-bond acceptors (Lipinski definition) is 4. The van der Waals surface area contributed by atoms with Gasteiger partial charge in [0.2, 0.25) is 5.91 Å². The van der Waals surface area contributed by atoms with E-state index in [1.54, 1.807) is 0 Å². The van der Waals surface area contributed by atoms with E-state index < -0.39 is 0 Å². The summed E-state index contributed by atoms with van der Waals surface area (Å²) >= 11 is 0. The molecule has 0 atom stereocenters. The predicted octanol–water partition coefficient (Wildman–Crippen LogP) is 3.47. The molecule has 2 aromatic carbocycles. The maximum Gasteiger partial charge on any atom is 0.309 e. The van der Waals surface area contributed by atoms with E-state index in [0.717, 1.165) is 12.1 Å². The van der Waals surface area contributed by atoms with Crippen LogP contribution in [0.3, 0.4) is 0 Å². The van der Waals surface area contributed by atoms with Crippen LogP contribution in [0.5, 0.6) is 0 Å². The van der Waals surface area contributed by atoms with Gasteiger partial charge in [0, 0.05) is 18.8 Å². The second kappa shape index (κ2) is 8.05. The zero-order chi connectivity index (χ0) is 19.5. The molecule has 1 amide bonds. The zero-order valence-corrected chi connectivity index (χ0v) is 16.2. The number of anilines is 1. The van der Waals surface area contributed by atoms with Crippen LogP contribution in [-0.4, -0.2) is 43.0 Å². The summed E-state index contributed by atoms with van der Waals surface area (Å²) in [7, 11) is 0. The van der Waals surface area contributed by atoms with Gasteiger partial charge in [-0.3, -0.25) is 9.59 Å². The van der Waals surface area contributed by atoms with E-state index >= 15 is 0 Å². The maximum absolute atomic E-state index is 12.5. The van der Waals surface area contributed by atoms with E-state index in [1.807, 2.05) is 17.9 Å². The topological polar surface area (TPSA) is 58.6 Å². The summed E-state index contributed by atoms with van der Waals surface area (Å²) in [5.41, 5.74) is 6.23. The van der Waals surface area contributed by atoms with Crippen LogP contribution in [0.15, 0.2) is 42.5 Å². The number of ether oxygens (including phenoxy) is 1. The quantitative estimate of drug-likeness (QED) is 0.691. The number of likely N-dealkylation sites (tertiary alicyclic amines) is 1. The van der Waals surface area contributed by atoms with Crippen LogP contribution in [-0.2, 0) is 20.7 Å². The van der Waals surface area contributed by atoms with Crippen molar-refractivity contribution >= 4 is 17.6 Å². The van der Waals surface area contributed by atoms with Crippen molar-refractivity contribution in [3.63, 3.8) is 0 Å². The molecule has 0 aromatic heterocycles. The summed E-state index contributed by atoms with van der Waals surface area (Å²) in [4.78, 5) is 26.2. The highest BCUT2D eigenvalue weighted by atomic mass is 16.5. The molecule has 1 aliphatic carbocycles. The number of fused-ring (bicyclic) bond motifs is 3. The monoisotopic (exact) mass is 378 g/mol. The number of carbonyl (C=O) groups excluding carboxylic acids is 2. The normalized spacial score (nSPS) is 15.7. The van der Waals surface area contributed by atoms with Crippen molar-refractivity contribution in [2.75, 3.05) is 31.6 Å². The Kier molecular flexibility index (Phi) is 5.33. The molecule has 1 heterocycles. The van der Waals surface area contributed by atoms with E-state index in [1.165, 1.54) is 22.3 Å². The fourth-order valence-corrected chi connectivity index (χ4v) is 4.17. The van der Waals surface area contributed by atoms with E-state index in [4.69, 9.17) is 4.74 Å². The molecule has 0 saturated carbocycles. The van der Waals surface area contributed by atoms with Crippen molar-refractivity contribution in [2.45, 2.75) is 26.2 Å². The van der Waals surface area contributed by atoms with Gasteiger partial charge in [0.15, 0.2) is 0 Å². The third-order valence-corrected chi connectivity index (χ3v) is 5.71. The SMILES string of the molecule is CCOC(=O)C1CCN(C(=O)CNc2ccc3c(c2)Cc2ccccc2-3)CC1. The number of hydrogen-bond donors (Lipinski definition) is 1. The first-order chi connectivity index (χ1) is 13.7. The van der Waals surface area contributed by atoms with Crippen LogP contribution < -0.4 is 5.32 Å². The molecule has 146 valence electrons. The highest BCUT2D eigenvalue weighted by Crippen LogP contribution is 2.37. The maximum atomic E-state index is 12.5. The number of esters is 1. The molecule has 0 spiro atoms. The van der Waals surface area contributed by atoms with Gasteiger partial charge < -0.3 is 15.0 Å². The lowest BCUT2D eigenvalue weighted by molar-refractivity contribution is -0.151. The molecule has 28 heavy (non-hydrogen) atoms. The summed E-state index contributed by atoms with van der Waals surface area (Å²) < 4.78 is 5.09. The minimum Gasteiger partial charge on any atom is -0.466 e. The van der Waals surface area contributed by atoms with Crippen molar-refractivity contribution in [1.82, 2.24) is 4.90 Å². The summed E-state index contributed by atoms with van der Waals surface area (Å²) in [6.07, 6.45) is 2.31. The van der Waals surface area contributed by atoms with Gasteiger partial charge in [-0.25, -0.2) is 0 Å². The molecule has 0 bridgehead atoms. The molecule has 0 radical (unpaired) electrons. The Morgan fingerprint density at radius 2 is 1.82 bits per heavy atom. The molecule has 5 nitrogen and oxygen atoms in total. The first-order valence-corrected chi connectivity index (χ1v) is 10.0. The highest BCUT2D eigenvalue weighted by molar-refractivity contribution is 5.83. The van der Waals surface area contributed by atoms with Crippen molar-refractivity contribution in [1.29, 1.82) is 0 Å². The van der Waals surface area contributed by atoms with E-state index in [0.29, 0.717) is 32.5 Å². The summed E-state index contributed by atoms with van der Waals surface area (Å²) in [5.74, 6) is -0.131. The van der Waals surface area contributed by atoms with Crippen LogP contribution in [0.1, 0.15) is 30.9 Å². The van der Waals surface area contributed by atoms with Gasteiger partial charge in [-0.2, -0.15) is 0 Å². The predicted molar refractivity (Wildman–Crippen MR) is 109 cm³/mol. The molecule has 5 heteroatoms. The van der Waals surface area contributed by atoms with Gasteiger partial charge in [0.1, 0.15) is 0 Å². The highest BCUT2D eigenvalue weighted by Gasteiger charge is 2.28. The van der Waals surface area contributed by atoms with Crippen LogP contribution in [0.4, 0.5) is 5.69 Å². The lowest BCUT2D eigenvalue weighted by atomic mass is 9.97. The van der Waals surface area contributed by atoms with Crippen LogP contribution >= 0.6 is 0 Å². The average molecular weight is 378 g/mol. The fourth-order valence-electron chi connectivity index (χ4n) is 4.17. The molecule has 1 saturated heterocycles. The first-order valence-electron chi connectivity index (χ1n) is 10.0. The molecular weight excluding hydrogens is 352 g/mol. The Labute approximate surface area is 165 Å². The van der Waals surface area contributed by atoms with E-state index in [2.05, 4.69) is 41.7 Å². The number of nitrogens with zero attached hydrogens (tertiary/aromatic N) is 1. The first kappa shape index (κ1) is 18.5. The lowest BCUT2D eigenvalue weighted by Gasteiger charge is -2.31. The van der Waals surface area contributed by atoms with Crippen LogP contribution in [0.2, 0.25) is 0 Å². The summed E-state index contributed by atoms with van der Waals surface area (Å²) in [6.45, 7) is 3.73. The Hall–Kier alpha value is -2.82. The molecule has 1 aliphatic heterocycles. The van der Waals surface area contributed by atoms with Crippen molar-refractivity contribution in [3.05, 3.63) is 53.6 Å². The molecule has 2 aromatic rings. The van der Waals surface area contributed by atoms with Crippen molar-refractivity contribution in [2.24, 2.45) is 5.92 Å². The Balaban J connectivity index is 1.30. The third-order valence-electron chi connectivity index (χ3n) is 5.71. The van der Waals surface area contributed by atoms with Gasteiger partial charge in [0.25, 0.3) is 0 Å². The van der Waals surface area contributed by atoms with Gasteiger partial charge in [-0.1, -0.05) is 30.3 Å².